The van der Waals surface area contributed by atoms with E-state index in [9.17, 15) is 4.79 Å². The number of nitrogens with zero attached hydrogens (tertiary/aromatic N) is 2. The van der Waals surface area contributed by atoms with Gasteiger partial charge in [0.2, 0.25) is 0 Å². The fourth-order valence-corrected chi connectivity index (χ4v) is 4.32. The second-order valence-electron chi connectivity index (χ2n) is 8.98. The highest BCUT2D eigenvalue weighted by Crippen LogP contribution is 2.27. The Hall–Kier alpha value is -4.64. The van der Waals surface area contributed by atoms with E-state index in [1.54, 1.807) is 0 Å². The Labute approximate surface area is 216 Å². The molecule has 2 heterocycles. The first-order chi connectivity index (χ1) is 18.1. The smallest absolute Gasteiger partial charge is 0.303 e. The lowest BCUT2D eigenvalue weighted by Crippen LogP contribution is -1.99. The SMILES string of the molecule is O=C(O)CCc1cn(Cc2ccc(OCc3ccc(-c4ccccc4)nc3)cc2)cc1-c1ccccc1. The molecule has 0 fully saturated rings. The van der Waals surface area contributed by atoms with E-state index < -0.39 is 5.97 Å². The molecular formula is C32H28N2O3. The third kappa shape index (κ3) is 6.33. The maximum absolute atomic E-state index is 11.1. The number of carbonyl (C=O) groups is 1. The fraction of sp³-hybridized carbons (Fsp3) is 0.125. The van der Waals surface area contributed by atoms with Crippen LogP contribution in [0.15, 0.2) is 116 Å². The van der Waals surface area contributed by atoms with Gasteiger partial charge in [0.25, 0.3) is 0 Å². The number of hydrogen-bond acceptors (Lipinski definition) is 3. The van der Waals surface area contributed by atoms with Gasteiger partial charge in [-0.15, -0.1) is 0 Å². The van der Waals surface area contributed by atoms with Gasteiger partial charge >= 0.3 is 5.97 Å². The number of carboxylic acid groups (broad SMARTS) is 1. The van der Waals surface area contributed by atoms with Crippen LogP contribution in [0.4, 0.5) is 0 Å². The summed E-state index contributed by atoms with van der Waals surface area (Å²) < 4.78 is 8.10. The molecule has 0 saturated heterocycles. The van der Waals surface area contributed by atoms with E-state index in [2.05, 4.69) is 46.2 Å². The van der Waals surface area contributed by atoms with Crippen molar-refractivity contribution in [1.29, 1.82) is 0 Å². The predicted octanol–water partition coefficient (Wildman–Crippen LogP) is 6.86. The summed E-state index contributed by atoms with van der Waals surface area (Å²) in [4.78, 5) is 15.7. The first-order valence-electron chi connectivity index (χ1n) is 12.3. The molecule has 184 valence electrons. The molecule has 2 aromatic heterocycles. The Morgan fingerprint density at radius 1 is 0.784 bits per heavy atom. The molecule has 37 heavy (non-hydrogen) atoms. The number of rotatable bonds is 10. The number of ether oxygens (including phenoxy) is 1. The molecule has 5 heteroatoms. The Kier molecular flexibility index (Phi) is 7.42. The van der Waals surface area contributed by atoms with Crippen LogP contribution in [0.25, 0.3) is 22.4 Å². The van der Waals surface area contributed by atoms with Crippen LogP contribution >= 0.6 is 0 Å². The Morgan fingerprint density at radius 2 is 1.46 bits per heavy atom. The summed E-state index contributed by atoms with van der Waals surface area (Å²) in [5.74, 6) is 0.0146. The largest absolute Gasteiger partial charge is 0.489 e. The van der Waals surface area contributed by atoms with Crippen LogP contribution in [-0.4, -0.2) is 20.6 Å². The van der Waals surface area contributed by atoms with Gasteiger partial charge < -0.3 is 14.4 Å². The van der Waals surface area contributed by atoms with E-state index >= 15 is 0 Å². The minimum atomic E-state index is -0.787. The minimum Gasteiger partial charge on any atom is -0.489 e. The number of carboxylic acids is 1. The monoisotopic (exact) mass is 488 g/mol. The van der Waals surface area contributed by atoms with Crippen molar-refractivity contribution in [3.63, 3.8) is 0 Å². The molecule has 3 aromatic carbocycles. The third-order valence-corrected chi connectivity index (χ3v) is 6.24. The zero-order valence-electron chi connectivity index (χ0n) is 20.5. The summed E-state index contributed by atoms with van der Waals surface area (Å²) in [6.07, 6.45) is 6.63. The number of pyridine rings is 1. The maximum Gasteiger partial charge on any atom is 0.303 e. The molecule has 0 spiro atoms. The van der Waals surface area contributed by atoms with E-state index in [0.717, 1.165) is 44.8 Å². The standard InChI is InChI=1S/C32H28N2O3/c35-32(36)18-14-28-21-34(22-30(28)26-7-3-1-4-8-26)20-24-11-15-29(16-12-24)37-23-25-13-17-31(33-19-25)27-9-5-2-6-10-27/h1-13,15-17,19,21-22H,14,18,20,23H2,(H,35,36). The normalized spacial score (nSPS) is 10.8. The van der Waals surface area contributed by atoms with Gasteiger partial charge in [-0.3, -0.25) is 9.78 Å². The topological polar surface area (TPSA) is 64.3 Å². The molecule has 0 saturated carbocycles. The average molecular weight is 489 g/mol. The Balaban J connectivity index is 1.22. The summed E-state index contributed by atoms with van der Waals surface area (Å²) in [7, 11) is 0. The van der Waals surface area contributed by atoms with Gasteiger partial charge in [-0.2, -0.15) is 0 Å². The lowest BCUT2D eigenvalue weighted by Gasteiger charge is -2.09. The highest BCUT2D eigenvalue weighted by Gasteiger charge is 2.11. The van der Waals surface area contributed by atoms with Crippen LogP contribution in [-0.2, 0) is 24.4 Å². The Morgan fingerprint density at radius 3 is 2.11 bits per heavy atom. The van der Waals surface area contributed by atoms with Crippen molar-refractivity contribution in [3.8, 4) is 28.1 Å². The summed E-state index contributed by atoms with van der Waals surface area (Å²) in [5, 5.41) is 9.16. The van der Waals surface area contributed by atoms with Crippen LogP contribution in [0.3, 0.4) is 0 Å². The summed E-state index contributed by atoms with van der Waals surface area (Å²) in [5.41, 5.74) is 7.41. The molecule has 0 unspecified atom stereocenters. The van der Waals surface area contributed by atoms with Crippen LogP contribution in [0.1, 0.15) is 23.1 Å². The first kappa shape index (κ1) is 24.1. The molecule has 1 N–H and O–H groups in total. The number of aromatic nitrogens is 2. The number of aliphatic carboxylic acids is 1. The third-order valence-electron chi connectivity index (χ3n) is 6.24. The zero-order valence-corrected chi connectivity index (χ0v) is 20.5. The van der Waals surface area contributed by atoms with Crippen molar-refractivity contribution in [2.24, 2.45) is 0 Å². The molecule has 0 atom stereocenters. The van der Waals surface area contributed by atoms with Gasteiger partial charge in [0.1, 0.15) is 12.4 Å². The summed E-state index contributed by atoms with van der Waals surface area (Å²) >= 11 is 0. The first-order valence-corrected chi connectivity index (χ1v) is 12.3. The van der Waals surface area contributed by atoms with Crippen molar-refractivity contribution in [2.45, 2.75) is 26.0 Å². The van der Waals surface area contributed by atoms with Crippen molar-refractivity contribution in [2.75, 3.05) is 0 Å². The molecule has 5 aromatic rings. The second kappa shape index (κ2) is 11.4. The minimum absolute atomic E-state index is 0.111. The molecule has 5 rings (SSSR count). The molecule has 0 radical (unpaired) electrons. The Bertz CT molecular complexity index is 1440. The van der Waals surface area contributed by atoms with Crippen molar-refractivity contribution >= 4 is 5.97 Å². The zero-order chi connectivity index (χ0) is 25.5. The second-order valence-corrected chi connectivity index (χ2v) is 8.98. The quantitative estimate of drug-likeness (QED) is 0.233. The fourth-order valence-electron chi connectivity index (χ4n) is 4.32. The average Bonchev–Trinajstić information content (AvgIpc) is 3.35. The summed E-state index contributed by atoms with van der Waals surface area (Å²) in [6, 6.07) is 32.4. The molecule has 0 aliphatic rings. The van der Waals surface area contributed by atoms with Gasteiger partial charge in [-0.1, -0.05) is 78.9 Å². The van der Waals surface area contributed by atoms with E-state index in [1.807, 2.05) is 79.0 Å². The molecule has 0 bridgehead atoms. The van der Waals surface area contributed by atoms with Crippen LogP contribution in [0.5, 0.6) is 5.75 Å². The van der Waals surface area contributed by atoms with E-state index in [1.165, 1.54) is 0 Å². The lowest BCUT2D eigenvalue weighted by atomic mass is 10.0. The van der Waals surface area contributed by atoms with E-state index in [4.69, 9.17) is 9.84 Å². The van der Waals surface area contributed by atoms with Crippen LogP contribution < -0.4 is 4.74 Å². The highest BCUT2D eigenvalue weighted by atomic mass is 16.5. The molecule has 5 nitrogen and oxygen atoms in total. The number of aryl methyl sites for hydroxylation is 1. The van der Waals surface area contributed by atoms with Crippen molar-refractivity contribution < 1.29 is 14.6 Å². The molecule has 0 aliphatic carbocycles. The van der Waals surface area contributed by atoms with Gasteiger partial charge in [0.05, 0.1) is 5.69 Å². The van der Waals surface area contributed by atoms with Gasteiger partial charge in [-0.05, 0) is 41.3 Å². The van der Waals surface area contributed by atoms with Gasteiger partial charge in [0.15, 0.2) is 0 Å². The van der Waals surface area contributed by atoms with Crippen LogP contribution in [0, 0.1) is 0 Å². The number of benzene rings is 3. The van der Waals surface area contributed by atoms with Gasteiger partial charge in [-0.25, -0.2) is 0 Å². The summed E-state index contributed by atoms with van der Waals surface area (Å²) in [6.45, 7) is 1.14. The molecule has 0 amide bonds. The van der Waals surface area contributed by atoms with Crippen molar-refractivity contribution in [3.05, 3.63) is 132 Å². The van der Waals surface area contributed by atoms with E-state index in [-0.39, 0.29) is 6.42 Å². The lowest BCUT2D eigenvalue weighted by molar-refractivity contribution is -0.136. The molecule has 0 aliphatic heterocycles. The predicted molar refractivity (Wildman–Crippen MR) is 145 cm³/mol. The molecular weight excluding hydrogens is 460 g/mol. The number of hydrogen-bond donors (Lipinski definition) is 1. The van der Waals surface area contributed by atoms with E-state index in [0.29, 0.717) is 19.6 Å². The van der Waals surface area contributed by atoms with Crippen molar-refractivity contribution in [1.82, 2.24) is 9.55 Å². The highest BCUT2D eigenvalue weighted by molar-refractivity contribution is 5.70. The van der Waals surface area contributed by atoms with Gasteiger partial charge in [0, 0.05) is 48.2 Å². The van der Waals surface area contributed by atoms with Crippen LogP contribution in [0.2, 0.25) is 0 Å². The maximum atomic E-state index is 11.1.